The molecule has 1 aromatic heterocycles. The normalized spacial score (nSPS) is 11.4. The highest BCUT2D eigenvalue weighted by Gasteiger charge is 2.16. The molecule has 0 aliphatic carbocycles. The van der Waals surface area contributed by atoms with E-state index in [-0.39, 0.29) is 23.9 Å². The van der Waals surface area contributed by atoms with Crippen molar-refractivity contribution in [1.29, 1.82) is 5.26 Å². The minimum atomic E-state index is -0.396. The van der Waals surface area contributed by atoms with E-state index in [4.69, 9.17) is 14.7 Å². The van der Waals surface area contributed by atoms with E-state index in [9.17, 15) is 9.59 Å². The van der Waals surface area contributed by atoms with Crippen LogP contribution >= 0.6 is 0 Å². The summed E-state index contributed by atoms with van der Waals surface area (Å²) in [5.41, 5.74) is 2.73. The second kappa shape index (κ2) is 9.09. The quantitative estimate of drug-likeness (QED) is 0.765. The molecule has 2 N–H and O–H groups in total. The van der Waals surface area contributed by atoms with Crippen molar-refractivity contribution in [3.63, 3.8) is 0 Å². The standard InChI is InChI=1S/C21H25N3O4/c1-12-16(14(3)24-21(26)17(12)11-22)7-9-20(25)23-13(2)15-6-8-18(27-4)19(10-15)28-5/h6,8,10,13H,7,9H2,1-5H3,(H,23,25)(H,24,26). The van der Waals surface area contributed by atoms with Gasteiger partial charge in [-0.1, -0.05) is 6.07 Å². The van der Waals surface area contributed by atoms with Crippen molar-refractivity contribution in [2.75, 3.05) is 14.2 Å². The maximum atomic E-state index is 12.4. The molecule has 0 aliphatic rings. The number of aromatic amines is 1. The third-order valence-electron chi connectivity index (χ3n) is 4.81. The number of ether oxygens (including phenoxy) is 2. The second-order valence-corrected chi connectivity index (χ2v) is 6.57. The number of H-pyrrole nitrogens is 1. The van der Waals surface area contributed by atoms with E-state index in [1.165, 1.54) is 0 Å². The molecule has 1 atom stereocenters. The summed E-state index contributed by atoms with van der Waals surface area (Å²) >= 11 is 0. The molecule has 1 aromatic carbocycles. The molecule has 0 saturated heterocycles. The number of carbonyl (C=O) groups excluding carboxylic acids is 1. The summed E-state index contributed by atoms with van der Waals surface area (Å²) in [5.74, 6) is 1.11. The van der Waals surface area contributed by atoms with Crippen LogP contribution in [-0.4, -0.2) is 25.1 Å². The molecule has 1 heterocycles. The predicted molar refractivity (Wildman–Crippen MR) is 106 cm³/mol. The number of nitriles is 1. The van der Waals surface area contributed by atoms with Crippen LogP contribution in [0.2, 0.25) is 0 Å². The first-order valence-electron chi connectivity index (χ1n) is 8.96. The van der Waals surface area contributed by atoms with Gasteiger partial charge in [0.2, 0.25) is 5.91 Å². The smallest absolute Gasteiger partial charge is 0.266 e. The Balaban J connectivity index is 2.07. The number of carbonyl (C=O) groups is 1. The Morgan fingerprint density at radius 2 is 1.93 bits per heavy atom. The Labute approximate surface area is 164 Å². The van der Waals surface area contributed by atoms with Crippen molar-refractivity contribution in [3.8, 4) is 17.6 Å². The van der Waals surface area contributed by atoms with Crippen molar-refractivity contribution in [3.05, 3.63) is 56.5 Å². The lowest BCUT2D eigenvalue weighted by Crippen LogP contribution is -2.27. The van der Waals surface area contributed by atoms with Crippen LogP contribution in [-0.2, 0) is 11.2 Å². The number of nitrogens with one attached hydrogen (secondary N) is 2. The van der Waals surface area contributed by atoms with Gasteiger partial charge in [-0.25, -0.2) is 0 Å². The van der Waals surface area contributed by atoms with Gasteiger partial charge in [-0.15, -0.1) is 0 Å². The third kappa shape index (κ3) is 4.52. The highest BCUT2D eigenvalue weighted by Crippen LogP contribution is 2.29. The fraction of sp³-hybridized carbons (Fsp3) is 0.381. The summed E-state index contributed by atoms with van der Waals surface area (Å²) in [6, 6.07) is 7.23. The summed E-state index contributed by atoms with van der Waals surface area (Å²) in [7, 11) is 3.14. The maximum Gasteiger partial charge on any atom is 0.266 e. The van der Waals surface area contributed by atoms with Gasteiger partial charge in [0, 0.05) is 12.1 Å². The highest BCUT2D eigenvalue weighted by molar-refractivity contribution is 5.76. The van der Waals surface area contributed by atoms with Crippen LogP contribution in [0.3, 0.4) is 0 Å². The van der Waals surface area contributed by atoms with Gasteiger partial charge in [-0.2, -0.15) is 5.26 Å². The van der Waals surface area contributed by atoms with Crippen LogP contribution in [0.5, 0.6) is 11.5 Å². The van der Waals surface area contributed by atoms with Crippen LogP contribution in [0.1, 0.15) is 47.3 Å². The number of hydrogen-bond donors (Lipinski definition) is 2. The third-order valence-corrected chi connectivity index (χ3v) is 4.81. The van der Waals surface area contributed by atoms with Crippen LogP contribution < -0.4 is 20.3 Å². The number of amides is 1. The molecular weight excluding hydrogens is 358 g/mol. The Morgan fingerprint density at radius 3 is 2.54 bits per heavy atom. The van der Waals surface area contributed by atoms with Crippen molar-refractivity contribution in [2.24, 2.45) is 0 Å². The van der Waals surface area contributed by atoms with Crippen molar-refractivity contribution in [2.45, 2.75) is 39.7 Å². The van der Waals surface area contributed by atoms with Gasteiger partial charge in [-0.3, -0.25) is 9.59 Å². The number of pyridine rings is 1. The van der Waals surface area contributed by atoms with E-state index in [0.717, 1.165) is 11.1 Å². The number of nitrogens with zero attached hydrogens (tertiary/aromatic N) is 1. The minimum Gasteiger partial charge on any atom is -0.493 e. The molecule has 0 fully saturated rings. The van der Waals surface area contributed by atoms with Gasteiger partial charge in [-0.05, 0) is 56.0 Å². The first kappa shape index (κ1) is 21.0. The Morgan fingerprint density at radius 1 is 1.25 bits per heavy atom. The summed E-state index contributed by atoms with van der Waals surface area (Å²) in [6.07, 6.45) is 0.684. The maximum absolute atomic E-state index is 12.4. The zero-order valence-corrected chi connectivity index (χ0v) is 16.8. The second-order valence-electron chi connectivity index (χ2n) is 6.57. The largest absolute Gasteiger partial charge is 0.493 e. The number of methoxy groups -OCH3 is 2. The molecular formula is C21H25N3O4. The Bertz CT molecular complexity index is 973. The molecule has 148 valence electrons. The van der Waals surface area contributed by atoms with Gasteiger partial charge in [0.25, 0.3) is 5.56 Å². The summed E-state index contributed by atoms with van der Waals surface area (Å²) < 4.78 is 10.5. The van der Waals surface area contributed by atoms with Crippen molar-refractivity contribution >= 4 is 5.91 Å². The summed E-state index contributed by atoms with van der Waals surface area (Å²) in [4.78, 5) is 26.9. The number of hydrogen-bond acceptors (Lipinski definition) is 5. The van der Waals surface area contributed by atoms with Gasteiger partial charge < -0.3 is 19.8 Å². The Kier molecular flexibility index (Phi) is 6.83. The molecule has 1 unspecified atom stereocenters. The minimum absolute atomic E-state index is 0.0969. The van der Waals surface area contributed by atoms with E-state index in [1.807, 2.05) is 25.1 Å². The summed E-state index contributed by atoms with van der Waals surface area (Å²) in [5, 5.41) is 12.1. The van der Waals surface area contributed by atoms with Crippen molar-refractivity contribution in [1.82, 2.24) is 10.3 Å². The average molecular weight is 383 g/mol. The molecule has 2 rings (SSSR count). The fourth-order valence-electron chi connectivity index (χ4n) is 3.18. The number of aromatic nitrogens is 1. The number of rotatable bonds is 7. The molecule has 0 aliphatic heterocycles. The monoisotopic (exact) mass is 383 g/mol. The van der Waals surface area contributed by atoms with Gasteiger partial charge >= 0.3 is 0 Å². The first-order valence-corrected chi connectivity index (χ1v) is 8.96. The molecule has 7 nitrogen and oxygen atoms in total. The van der Waals surface area contributed by atoms with E-state index < -0.39 is 5.56 Å². The molecule has 1 amide bonds. The molecule has 7 heteroatoms. The van der Waals surface area contributed by atoms with Gasteiger partial charge in [0.15, 0.2) is 11.5 Å². The van der Waals surface area contributed by atoms with Gasteiger partial charge in [0.1, 0.15) is 11.6 Å². The fourth-order valence-corrected chi connectivity index (χ4v) is 3.18. The molecule has 0 bridgehead atoms. The lowest BCUT2D eigenvalue weighted by molar-refractivity contribution is -0.121. The lowest BCUT2D eigenvalue weighted by atomic mass is 9.99. The highest BCUT2D eigenvalue weighted by atomic mass is 16.5. The van der Waals surface area contributed by atoms with E-state index >= 15 is 0 Å². The Hall–Kier alpha value is -3.27. The zero-order valence-electron chi connectivity index (χ0n) is 16.8. The van der Waals surface area contributed by atoms with E-state index in [2.05, 4.69) is 10.3 Å². The first-order chi connectivity index (χ1) is 13.3. The summed E-state index contributed by atoms with van der Waals surface area (Å²) in [6.45, 7) is 5.40. The van der Waals surface area contributed by atoms with E-state index in [1.54, 1.807) is 34.1 Å². The topological polar surface area (TPSA) is 104 Å². The zero-order chi connectivity index (χ0) is 20.8. The molecule has 2 aromatic rings. The average Bonchev–Trinajstić information content (AvgIpc) is 2.67. The van der Waals surface area contributed by atoms with Crippen molar-refractivity contribution < 1.29 is 14.3 Å². The van der Waals surface area contributed by atoms with Crippen LogP contribution in [0.4, 0.5) is 0 Å². The van der Waals surface area contributed by atoms with Crippen LogP contribution in [0.15, 0.2) is 23.0 Å². The number of benzene rings is 1. The van der Waals surface area contributed by atoms with E-state index in [0.29, 0.717) is 29.2 Å². The molecule has 0 radical (unpaired) electrons. The SMILES string of the molecule is COc1ccc(C(C)NC(=O)CCc2c(C)[nH]c(=O)c(C#N)c2C)cc1OC. The molecule has 0 saturated carbocycles. The lowest BCUT2D eigenvalue weighted by Gasteiger charge is -2.17. The number of aryl methyl sites for hydroxylation is 1. The van der Waals surface area contributed by atoms with Crippen LogP contribution in [0.25, 0.3) is 0 Å². The molecule has 28 heavy (non-hydrogen) atoms. The molecule has 0 spiro atoms. The van der Waals surface area contributed by atoms with Gasteiger partial charge in [0.05, 0.1) is 20.3 Å². The van der Waals surface area contributed by atoms with Crippen LogP contribution in [0, 0.1) is 25.2 Å². The predicted octanol–water partition coefficient (Wildman–Crippen LogP) is 2.69.